The lowest BCUT2D eigenvalue weighted by Crippen LogP contribution is -2.28. The van der Waals surface area contributed by atoms with Crippen LogP contribution in [0.15, 0.2) is 84.9 Å². The number of carbonyl (C=O) groups excluding carboxylic acids is 2. The Labute approximate surface area is 226 Å². The number of rotatable bonds is 10. The molecule has 8 heteroatoms. The molecule has 4 rings (SSSR count). The van der Waals surface area contributed by atoms with Crippen LogP contribution < -0.4 is 4.74 Å². The first kappa shape index (κ1) is 26.8. The lowest BCUT2D eigenvalue weighted by atomic mass is 9.96. The Kier molecular flexibility index (Phi) is 9.06. The molecule has 0 saturated heterocycles. The zero-order valence-electron chi connectivity index (χ0n) is 21.1. The molecule has 7 nitrogen and oxygen atoms in total. The van der Waals surface area contributed by atoms with Gasteiger partial charge in [-0.05, 0) is 37.1 Å². The van der Waals surface area contributed by atoms with Crippen LogP contribution in [0.1, 0.15) is 31.0 Å². The van der Waals surface area contributed by atoms with E-state index in [4.69, 9.17) is 30.8 Å². The molecule has 0 fully saturated rings. The molecule has 0 spiro atoms. The molecule has 0 aliphatic carbocycles. The highest BCUT2D eigenvalue weighted by Crippen LogP contribution is 2.36. The summed E-state index contributed by atoms with van der Waals surface area (Å²) in [6.07, 6.45) is 0. The molecule has 0 atom stereocenters. The van der Waals surface area contributed by atoms with Gasteiger partial charge in [0, 0.05) is 11.1 Å². The molecule has 0 unspecified atom stereocenters. The quantitative estimate of drug-likeness (QED) is 0.136. The van der Waals surface area contributed by atoms with E-state index in [1.165, 1.54) is 0 Å². The molecule has 0 bridgehead atoms. The second-order valence-electron chi connectivity index (χ2n) is 8.20. The smallest absolute Gasteiger partial charge is 0.326 e. The number of carbonyl (C=O) groups is 2. The molecule has 194 valence electrons. The van der Waals surface area contributed by atoms with Gasteiger partial charge in [-0.1, -0.05) is 84.4 Å². The minimum absolute atomic E-state index is 0.0852. The first-order valence-corrected chi connectivity index (χ1v) is 12.6. The van der Waals surface area contributed by atoms with Crippen LogP contribution in [0.4, 0.5) is 0 Å². The predicted octanol–water partition coefficient (Wildman–Crippen LogP) is 6.25. The van der Waals surface area contributed by atoms with Crippen molar-refractivity contribution in [2.75, 3.05) is 13.2 Å². The second-order valence-corrected chi connectivity index (χ2v) is 8.56. The predicted molar refractivity (Wildman–Crippen MR) is 145 cm³/mol. The van der Waals surface area contributed by atoms with Crippen molar-refractivity contribution >= 4 is 23.5 Å². The zero-order valence-corrected chi connectivity index (χ0v) is 21.9. The molecule has 38 heavy (non-hydrogen) atoms. The van der Waals surface area contributed by atoms with Gasteiger partial charge in [-0.3, -0.25) is 9.59 Å². The van der Waals surface area contributed by atoms with Crippen molar-refractivity contribution < 1.29 is 23.8 Å². The van der Waals surface area contributed by atoms with E-state index in [1.807, 2.05) is 60.7 Å². The Hall–Kier alpha value is -4.23. The van der Waals surface area contributed by atoms with Crippen molar-refractivity contribution in [2.45, 2.75) is 26.4 Å². The van der Waals surface area contributed by atoms with Gasteiger partial charge in [-0.2, -0.15) is 0 Å². The summed E-state index contributed by atoms with van der Waals surface area (Å²) in [5.74, 6) is -2.16. The lowest BCUT2D eigenvalue weighted by Gasteiger charge is -2.19. The minimum Gasteiger partial charge on any atom is -0.489 e. The van der Waals surface area contributed by atoms with Crippen LogP contribution in [0, 0.1) is 0 Å². The molecule has 0 amide bonds. The fourth-order valence-electron chi connectivity index (χ4n) is 3.90. The van der Waals surface area contributed by atoms with E-state index >= 15 is 0 Å². The van der Waals surface area contributed by atoms with E-state index in [2.05, 4.69) is 4.98 Å². The van der Waals surface area contributed by atoms with E-state index in [0.29, 0.717) is 29.0 Å². The summed E-state index contributed by atoms with van der Waals surface area (Å²) < 4.78 is 16.4. The molecule has 1 aromatic heterocycles. The normalized spacial score (nSPS) is 10.7. The maximum Gasteiger partial charge on any atom is 0.326 e. The summed E-state index contributed by atoms with van der Waals surface area (Å²) in [6.45, 7) is 3.89. The largest absolute Gasteiger partial charge is 0.489 e. The Balaban J connectivity index is 1.80. The number of nitrogens with zero attached hydrogens (tertiary/aromatic N) is 2. The summed E-state index contributed by atoms with van der Waals surface area (Å²) in [5, 5.41) is 0.0883. The molecule has 4 aromatic rings. The van der Waals surface area contributed by atoms with E-state index in [0.717, 1.165) is 5.56 Å². The topological polar surface area (TPSA) is 87.6 Å². The molecular weight excluding hydrogens is 504 g/mol. The Bertz CT molecular complexity index is 1380. The van der Waals surface area contributed by atoms with Gasteiger partial charge in [0.1, 0.15) is 17.5 Å². The SMILES string of the molecule is CCOC(=O)C(C(=O)OCC)c1nc(-c2cccc(OCc3ccccc3)c2)nc(Cl)c1-c1ccccc1. The molecule has 0 aliphatic heterocycles. The van der Waals surface area contributed by atoms with E-state index in [1.54, 1.807) is 38.1 Å². The number of benzene rings is 3. The highest BCUT2D eigenvalue weighted by Gasteiger charge is 2.37. The number of halogens is 1. The van der Waals surface area contributed by atoms with Crippen LogP contribution >= 0.6 is 11.6 Å². The summed E-state index contributed by atoms with van der Waals surface area (Å²) in [7, 11) is 0. The number of ether oxygens (including phenoxy) is 3. The van der Waals surface area contributed by atoms with Crippen molar-refractivity contribution in [2.24, 2.45) is 0 Å². The number of hydrogen-bond donors (Lipinski definition) is 0. The number of hydrogen-bond acceptors (Lipinski definition) is 7. The van der Waals surface area contributed by atoms with Crippen LogP contribution in [0.25, 0.3) is 22.5 Å². The number of aromatic nitrogens is 2. The van der Waals surface area contributed by atoms with Crippen LogP contribution in [0.5, 0.6) is 5.75 Å². The van der Waals surface area contributed by atoms with Gasteiger partial charge in [-0.25, -0.2) is 9.97 Å². The first-order valence-electron chi connectivity index (χ1n) is 12.2. The molecule has 3 aromatic carbocycles. The third-order valence-electron chi connectivity index (χ3n) is 5.61. The van der Waals surface area contributed by atoms with Gasteiger partial charge in [0.2, 0.25) is 0 Å². The van der Waals surface area contributed by atoms with Gasteiger partial charge in [0.25, 0.3) is 0 Å². The maximum atomic E-state index is 13.0. The van der Waals surface area contributed by atoms with Crippen LogP contribution in [0.2, 0.25) is 5.15 Å². The number of esters is 2. The minimum atomic E-state index is -1.44. The summed E-state index contributed by atoms with van der Waals surface area (Å²) in [4.78, 5) is 35.3. The molecular formula is C30H27ClN2O5. The van der Waals surface area contributed by atoms with Crippen LogP contribution in [-0.2, 0) is 25.7 Å². The third-order valence-corrected chi connectivity index (χ3v) is 5.89. The van der Waals surface area contributed by atoms with E-state index in [9.17, 15) is 9.59 Å². The molecule has 1 heterocycles. The summed E-state index contributed by atoms with van der Waals surface area (Å²) >= 11 is 6.72. The van der Waals surface area contributed by atoms with Gasteiger partial charge in [0.05, 0.1) is 18.9 Å². The molecule has 0 aliphatic rings. The Morgan fingerprint density at radius 2 is 1.39 bits per heavy atom. The van der Waals surface area contributed by atoms with Crippen LogP contribution in [0.3, 0.4) is 0 Å². The Morgan fingerprint density at radius 1 is 0.789 bits per heavy atom. The fourth-order valence-corrected chi connectivity index (χ4v) is 4.18. The summed E-state index contributed by atoms with van der Waals surface area (Å²) in [6, 6.07) is 26.1. The van der Waals surface area contributed by atoms with Crippen molar-refractivity contribution in [1.29, 1.82) is 0 Å². The van der Waals surface area contributed by atoms with Crippen molar-refractivity contribution in [1.82, 2.24) is 9.97 Å². The van der Waals surface area contributed by atoms with Gasteiger partial charge in [0.15, 0.2) is 11.7 Å². The average molecular weight is 531 g/mol. The van der Waals surface area contributed by atoms with Gasteiger partial charge in [-0.15, -0.1) is 0 Å². The monoisotopic (exact) mass is 530 g/mol. The highest BCUT2D eigenvalue weighted by molar-refractivity contribution is 6.32. The lowest BCUT2D eigenvalue weighted by molar-refractivity contribution is -0.157. The first-order chi connectivity index (χ1) is 18.5. The zero-order chi connectivity index (χ0) is 26.9. The maximum absolute atomic E-state index is 13.0. The van der Waals surface area contributed by atoms with Crippen molar-refractivity contribution in [3.05, 3.63) is 101 Å². The van der Waals surface area contributed by atoms with Gasteiger partial charge < -0.3 is 14.2 Å². The third kappa shape index (κ3) is 6.36. The Morgan fingerprint density at radius 3 is 2.03 bits per heavy atom. The molecule has 0 radical (unpaired) electrons. The second kappa shape index (κ2) is 12.8. The molecule has 0 saturated carbocycles. The fraction of sp³-hybridized carbons (Fsp3) is 0.200. The van der Waals surface area contributed by atoms with Gasteiger partial charge >= 0.3 is 11.9 Å². The van der Waals surface area contributed by atoms with Crippen molar-refractivity contribution in [3.8, 4) is 28.3 Å². The van der Waals surface area contributed by atoms with E-state index in [-0.39, 0.29) is 29.9 Å². The van der Waals surface area contributed by atoms with Crippen LogP contribution in [-0.4, -0.2) is 35.1 Å². The average Bonchev–Trinajstić information content (AvgIpc) is 2.93. The molecule has 0 N–H and O–H groups in total. The highest BCUT2D eigenvalue weighted by atomic mass is 35.5. The van der Waals surface area contributed by atoms with Crippen molar-refractivity contribution in [3.63, 3.8) is 0 Å². The standard InChI is InChI=1S/C30H27ClN2O5/c1-3-36-29(34)25(30(35)37-4-2)26-24(21-14-9-6-10-15-21)27(31)33-28(32-26)22-16-11-17-23(18-22)38-19-20-12-7-5-8-13-20/h5-18,25H,3-4,19H2,1-2H3. The van der Waals surface area contributed by atoms with E-state index < -0.39 is 17.9 Å². The summed E-state index contributed by atoms with van der Waals surface area (Å²) in [5.41, 5.74) is 2.75.